The summed E-state index contributed by atoms with van der Waals surface area (Å²) in [7, 11) is 0. The highest BCUT2D eigenvalue weighted by atomic mass is 16.5. The Balaban J connectivity index is 2.10. The van der Waals surface area contributed by atoms with Crippen LogP contribution < -0.4 is 10.5 Å². The van der Waals surface area contributed by atoms with Crippen molar-refractivity contribution < 1.29 is 9.15 Å². The van der Waals surface area contributed by atoms with Crippen molar-refractivity contribution in [3.63, 3.8) is 0 Å². The number of fused-ring (bicyclic) bond motifs is 1. The second kappa shape index (κ2) is 4.59. The van der Waals surface area contributed by atoms with Gasteiger partial charge in [-0.1, -0.05) is 12.1 Å². The molecule has 0 unspecified atom stereocenters. The number of hydrogen-bond acceptors (Lipinski definition) is 5. The molecule has 3 rings (SSSR count). The lowest BCUT2D eigenvalue weighted by Crippen LogP contribution is -1.94. The van der Waals surface area contributed by atoms with E-state index in [1.165, 1.54) is 6.20 Å². The van der Waals surface area contributed by atoms with Crippen LogP contribution in [-0.4, -0.2) is 4.98 Å². The Hall–Kier alpha value is -3.00. The van der Waals surface area contributed by atoms with Gasteiger partial charge in [-0.2, -0.15) is 5.26 Å². The molecule has 0 aliphatic heterocycles. The van der Waals surface area contributed by atoms with Gasteiger partial charge in [0.05, 0.1) is 17.3 Å². The lowest BCUT2D eigenvalue weighted by Gasteiger charge is -2.05. The third kappa shape index (κ3) is 1.93. The molecule has 1 aromatic carbocycles. The summed E-state index contributed by atoms with van der Waals surface area (Å²) in [6, 6.07) is 11.0. The Labute approximate surface area is 115 Å². The van der Waals surface area contributed by atoms with Crippen molar-refractivity contribution in [1.29, 1.82) is 5.26 Å². The normalized spacial score (nSPS) is 10.4. The Morgan fingerprint density at radius 2 is 2.15 bits per heavy atom. The number of nitriles is 1. The molecule has 98 valence electrons. The van der Waals surface area contributed by atoms with Crippen molar-refractivity contribution >= 4 is 16.7 Å². The van der Waals surface area contributed by atoms with E-state index in [4.69, 9.17) is 20.1 Å². The first-order valence-electron chi connectivity index (χ1n) is 6.00. The number of aryl methyl sites for hydroxylation is 1. The Bertz CT molecular complexity index is 831. The largest absolute Gasteiger partial charge is 0.442 e. The minimum Gasteiger partial charge on any atom is -0.442 e. The average molecular weight is 265 g/mol. The maximum atomic E-state index is 9.13. The quantitative estimate of drug-likeness (QED) is 0.767. The number of hydrogen-bond donors (Lipinski definition) is 1. The van der Waals surface area contributed by atoms with Gasteiger partial charge in [0.15, 0.2) is 5.75 Å². The topological polar surface area (TPSA) is 85.1 Å². The number of nitrogens with zero attached hydrogens (tertiary/aromatic N) is 2. The standard InChI is InChI=1S/C15H11N3O2/c1-9-6-14(18-8-11(9)17)20-15-10-4-2-3-5-12(10)19-13(15)7-16/h2-6,8H,17H2,1H3. The third-order valence-electron chi connectivity index (χ3n) is 2.98. The van der Waals surface area contributed by atoms with E-state index in [1.807, 2.05) is 31.2 Å². The van der Waals surface area contributed by atoms with Crippen LogP contribution in [0.15, 0.2) is 40.9 Å². The van der Waals surface area contributed by atoms with Gasteiger partial charge in [-0.15, -0.1) is 0 Å². The Kier molecular flexibility index (Phi) is 2.77. The number of nitrogen functional groups attached to an aromatic ring is 1. The fourth-order valence-corrected chi connectivity index (χ4v) is 1.90. The van der Waals surface area contributed by atoms with E-state index < -0.39 is 0 Å². The monoisotopic (exact) mass is 265 g/mol. The van der Waals surface area contributed by atoms with Crippen LogP contribution in [0.3, 0.4) is 0 Å². The lowest BCUT2D eigenvalue weighted by molar-refractivity contribution is 0.450. The smallest absolute Gasteiger partial charge is 0.247 e. The van der Waals surface area contributed by atoms with Crippen molar-refractivity contribution in [3.05, 3.63) is 47.9 Å². The molecule has 0 saturated heterocycles. The van der Waals surface area contributed by atoms with Crippen molar-refractivity contribution in [3.8, 4) is 17.7 Å². The Morgan fingerprint density at radius 1 is 1.35 bits per heavy atom. The zero-order chi connectivity index (χ0) is 14.1. The number of nitrogens with two attached hydrogens (primary N) is 1. The molecule has 0 fully saturated rings. The molecule has 2 heterocycles. The van der Waals surface area contributed by atoms with E-state index in [2.05, 4.69) is 4.98 Å². The minimum atomic E-state index is 0.127. The zero-order valence-corrected chi connectivity index (χ0v) is 10.8. The van der Waals surface area contributed by atoms with Gasteiger partial charge in [-0.3, -0.25) is 0 Å². The highest BCUT2D eigenvalue weighted by Gasteiger charge is 2.16. The number of anilines is 1. The molecule has 5 nitrogen and oxygen atoms in total. The van der Waals surface area contributed by atoms with E-state index >= 15 is 0 Å². The second-order valence-corrected chi connectivity index (χ2v) is 4.35. The van der Waals surface area contributed by atoms with E-state index in [-0.39, 0.29) is 5.76 Å². The van der Waals surface area contributed by atoms with E-state index in [9.17, 15) is 0 Å². The SMILES string of the molecule is Cc1cc(Oc2c(C#N)oc3ccccc23)ncc1N. The molecule has 3 aromatic rings. The number of ether oxygens (including phenoxy) is 1. The minimum absolute atomic E-state index is 0.127. The van der Waals surface area contributed by atoms with Crippen molar-refractivity contribution in [2.75, 3.05) is 5.73 Å². The van der Waals surface area contributed by atoms with Gasteiger partial charge in [0, 0.05) is 6.07 Å². The molecule has 0 radical (unpaired) electrons. The van der Waals surface area contributed by atoms with Gasteiger partial charge in [-0.25, -0.2) is 4.98 Å². The molecule has 0 atom stereocenters. The molecule has 0 saturated carbocycles. The number of benzene rings is 1. The zero-order valence-electron chi connectivity index (χ0n) is 10.8. The first kappa shape index (κ1) is 12.1. The summed E-state index contributed by atoms with van der Waals surface area (Å²) >= 11 is 0. The summed E-state index contributed by atoms with van der Waals surface area (Å²) in [6.45, 7) is 1.86. The van der Waals surface area contributed by atoms with Crippen LogP contribution in [0, 0.1) is 18.3 Å². The molecule has 20 heavy (non-hydrogen) atoms. The third-order valence-corrected chi connectivity index (χ3v) is 2.98. The molecular weight excluding hydrogens is 254 g/mol. The molecule has 0 aliphatic carbocycles. The first-order valence-corrected chi connectivity index (χ1v) is 6.00. The van der Waals surface area contributed by atoms with Gasteiger partial charge in [0.25, 0.3) is 0 Å². The van der Waals surface area contributed by atoms with Crippen molar-refractivity contribution in [2.45, 2.75) is 6.92 Å². The summed E-state index contributed by atoms with van der Waals surface area (Å²) in [5, 5.41) is 9.87. The number of aromatic nitrogens is 1. The van der Waals surface area contributed by atoms with Gasteiger partial charge in [0.1, 0.15) is 11.7 Å². The highest BCUT2D eigenvalue weighted by molar-refractivity contribution is 5.86. The van der Waals surface area contributed by atoms with Crippen molar-refractivity contribution in [1.82, 2.24) is 4.98 Å². The molecule has 2 aromatic heterocycles. The van der Waals surface area contributed by atoms with E-state index in [0.29, 0.717) is 22.9 Å². The maximum Gasteiger partial charge on any atom is 0.247 e. The molecular formula is C15H11N3O2. The second-order valence-electron chi connectivity index (χ2n) is 4.35. The fourth-order valence-electron chi connectivity index (χ4n) is 1.90. The summed E-state index contributed by atoms with van der Waals surface area (Å²) < 4.78 is 11.1. The van der Waals surface area contributed by atoms with Crippen LogP contribution in [0.5, 0.6) is 11.6 Å². The van der Waals surface area contributed by atoms with Crippen LogP contribution in [0.4, 0.5) is 5.69 Å². The highest BCUT2D eigenvalue weighted by Crippen LogP contribution is 2.35. The predicted molar refractivity (Wildman–Crippen MR) is 74.4 cm³/mol. The van der Waals surface area contributed by atoms with Crippen LogP contribution in [0.1, 0.15) is 11.3 Å². The van der Waals surface area contributed by atoms with Gasteiger partial charge in [0.2, 0.25) is 11.6 Å². The van der Waals surface area contributed by atoms with Crippen LogP contribution >= 0.6 is 0 Å². The Morgan fingerprint density at radius 3 is 2.90 bits per heavy atom. The maximum absolute atomic E-state index is 9.13. The van der Waals surface area contributed by atoms with Gasteiger partial charge >= 0.3 is 0 Å². The average Bonchev–Trinajstić information content (AvgIpc) is 2.81. The molecule has 0 spiro atoms. The van der Waals surface area contributed by atoms with Crippen LogP contribution in [-0.2, 0) is 0 Å². The fraction of sp³-hybridized carbons (Fsp3) is 0.0667. The van der Waals surface area contributed by atoms with Crippen LogP contribution in [0.2, 0.25) is 0 Å². The van der Waals surface area contributed by atoms with E-state index in [1.54, 1.807) is 12.1 Å². The molecule has 2 N–H and O–H groups in total. The number of furan rings is 1. The number of pyridine rings is 1. The number of rotatable bonds is 2. The molecule has 0 amide bonds. The van der Waals surface area contributed by atoms with Gasteiger partial charge < -0.3 is 14.9 Å². The summed E-state index contributed by atoms with van der Waals surface area (Å²) in [6.07, 6.45) is 1.53. The van der Waals surface area contributed by atoms with Crippen molar-refractivity contribution in [2.24, 2.45) is 0 Å². The summed E-state index contributed by atoms with van der Waals surface area (Å²) in [4.78, 5) is 4.10. The first-order chi connectivity index (χ1) is 9.69. The lowest BCUT2D eigenvalue weighted by atomic mass is 10.2. The molecule has 5 heteroatoms. The summed E-state index contributed by atoms with van der Waals surface area (Å²) in [5.74, 6) is 0.877. The number of para-hydroxylation sites is 1. The van der Waals surface area contributed by atoms with Gasteiger partial charge in [-0.05, 0) is 24.6 Å². The van der Waals surface area contributed by atoms with Crippen LogP contribution in [0.25, 0.3) is 11.0 Å². The molecule has 0 aliphatic rings. The summed E-state index contributed by atoms with van der Waals surface area (Å²) in [5.41, 5.74) is 7.78. The molecule has 0 bridgehead atoms. The predicted octanol–water partition coefficient (Wildman–Crippen LogP) is 3.38. The van der Waals surface area contributed by atoms with E-state index in [0.717, 1.165) is 10.9 Å².